The van der Waals surface area contributed by atoms with Gasteiger partial charge in [0, 0.05) is 54.5 Å². The maximum Gasteiger partial charge on any atom is 0.179 e. The van der Waals surface area contributed by atoms with E-state index >= 15 is 0 Å². The van der Waals surface area contributed by atoms with Gasteiger partial charge in [0.1, 0.15) is 22.3 Å². The van der Waals surface area contributed by atoms with Gasteiger partial charge in [-0.1, -0.05) is 185 Å². The largest absolute Gasteiger partial charge is 0.456 e. The highest BCUT2D eigenvalue weighted by atomic mass is 28.3. The topological polar surface area (TPSA) is 36.1 Å². The number of hydrogen-bond donors (Lipinski definition) is 0. The molecule has 0 fully saturated rings. The van der Waals surface area contributed by atoms with Crippen LogP contribution in [0, 0.1) is 0 Å². The Kier molecular flexibility index (Phi) is 11.1. The van der Waals surface area contributed by atoms with Crippen LogP contribution in [0.2, 0.25) is 0 Å². The maximum absolute atomic E-state index is 6.81. The van der Waals surface area contributed by atoms with Crippen molar-refractivity contribution in [2.75, 3.05) is 0 Å². The lowest BCUT2D eigenvalue weighted by molar-refractivity contribution is 0.590. The first-order valence-electron chi connectivity index (χ1n) is 28.6. The number of nitrogens with zero attached hydrogens (tertiary/aromatic N) is 2. The van der Waals surface area contributed by atoms with E-state index in [2.05, 4.69) is 292 Å². The van der Waals surface area contributed by atoms with Crippen LogP contribution in [0.25, 0.3) is 98.9 Å². The molecule has 0 saturated heterocycles. The zero-order chi connectivity index (χ0) is 55.2. The molecule has 0 saturated carbocycles. The molecule has 4 aromatic heterocycles. The number of rotatable bonds is 7. The summed E-state index contributed by atoms with van der Waals surface area (Å²) >= 11 is 0. The molecule has 0 atom stereocenters. The fourth-order valence-corrected chi connectivity index (χ4v) is 17.8. The van der Waals surface area contributed by atoms with Gasteiger partial charge in [-0.15, -0.1) is 0 Å². The minimum atomic E-state index is -3.11. The number of hydrogen-bond acceptors (Lipinski definition) is 2. The van der Waals surface area contributed by atoms with E-state index in [4.69, 9.17) is 8.83 Å². The van der Waals surface area contributed by atoms with Crippen molar-refractivity contribution in [2.45, 2.75) is 98.3 Å². The summed E-state index contributed by atoms with van der Waals surface area (Å²) in [4.78, 5) is 0. The minimum absolute atomic E-state index is 0.0139. The maximum atomic E-state index is 6.81. The van der Waals surface area contributed by atoms with Crippen molar-refractivity contribution in [2.24, 2.45) is 0 Å². The Morgan fingerprint density at radius 1 is 0.312 bits per heavy atom. The van der Waals surface area contributed by atoms with Gasteiger partial charge in [-0.25, -0.2) is 0 Å². The molecule has 0 N–H and O–H groups in total. The molecule has 80 heavy (non-hydrogen) atoms. The molecule has 394 valence electrons. The van der Waals surface area contributed by atoms with Gasteiger partial charge >= 0.3 is 0 Å². The molecule has 10 aromatic carbocycles. The molecule has 0 aliphatic carbocycles. The molecule has 0 bridgehead atoms. The number of aromatic nitrogens is 2. The summed E-state index contributed by atoms with van der Waals surface area (Å²) < 4.78 is 18.5. The first kappa shape index (κ1) is 49.9. The van der Waals surface area contributed by atoms with Crippen molar-refractivity contribution in [3.8, 4) is 11.4 Å². The van der Waals surface area contributed by atoms with E-state index in [1.807, 2.05) is 0 Å². The highest BCUT2D eigenvalue weighted by Crippen LogP contribution is 2.42. The molecule has 4 nitrogen and oxygen atoms in total. The molecule has 4 heterocycles. The summed E-state index contributed by atoms with van der Waals surface area (Å²) in [5.74, 6) is 0.421. The first-order chi connectivity index (χ1) is 38.3. The number of benzene rings is 10. The Balaban J connectivity index is 0.981. The molecule has 0 spiro atoms. The van der Waals surface area contributed by atoms with Gasteiger partial charge in [0.15, 0.2) is 8.07 Å². The highest BCUT2D eigenvalue weighted by molar-refractivity contribution is 7.20. The van der Waals surface area contributed by atoms with Gasteiger partial charge in [0.25, 0.3) is 0 Å². The Morgan fingerprint density at radius 2 is 0.650 bits per heavy atom. The third-order valence-corrected chi connectivity index (χ3v) is 22.3. The molecular formula is C75H68N2O2Si. The van der Waals surface area contributed by atoms with Gasteiger partial charge in [-0.05, 0) is 162 Å². The van der Waals surface area contributed by atoms with Crippen LogP contribution in [0.15, 0.2) is 215 Å². The molecule has 0 amide bonds. The zero-order valence-corrected chi connectivity index (χ0v) is 48.9. The molecule has 14 aromatic rings. The first-order valence-corrected chi connectivity index (χ1v) is 30.6. The van der Waals surface area contributed by atoms with Gasteiger partial charge < -0.3 is 18.0 Å². The standard InChI is InChI=1S/C75H68N2O2Si/c1-46(2)47-22-30-65-57(38-47)58-39-48(73(3,4)5)23-31-66(58)76(65)51-26-34-69-61(42-51)63-44-55(28-36-71(63)78-69)80(53-18-14-12-15-19-53,54-20-16-13-17-21-54)56-29-37-72-64(45-56)62-43-52(27-35-70(62)79-72)77-67-32-24-49(74(6,7)8)40-59(67)60-41-50(75(9,10)11)25-33-68(60)77/h12-46H,1-11H3. The van der Waals surface area contributed by atoms with E-state index in [1.54, 1.807) is 0 Å². The minimum Gasteiger partial charge on any atom is -0.456 e. The van der Waals surface area contributed by atoms with Crippen molar-refractivity contribution >= 4 is 116 Å². The van der Waals surface area contributed by atoms with Crippen molar-refractivity contribution in [3.63, 3.8) is 0 Å². The fraction of sp³-hybridized carbons (Fsp3) is 0.200. The van der Waals surface area contributed by atoms with Crippen LogP contribution >= 0.6 is 0 Å². The van der Waals surface area contributed by atoms with Gasteiger partial charge in [-0.3, -0.25) is 0 Å². The van der Waals surface area contributed by atoms with Crippen LogP contribution < -0.4 is 20.7 Å². The second-order valence-electron chi connectivity index (χ2n) is 26.0. The SMILES string of the molecule is CC(C)c1ccc2c(c1)c1cc(C(C)(C)C)ccc1n2-c1ccc2oc3ccc([Si](c4ccccc4)(c4ccccc4)c4ccc5oc6ccc(-n7c8ccc(C(C)(C)C)cc8c8cc(C(C)(C)C)ccc87)cc6c5c4)cc3c2c1. The van der Waals surface area contributed by atoms with Crippen molar-refractivity contribution in [1.29, 1.82) is 0 Å². The van der Waals surface area contributed by atoms with Crippen LogP contribution in [-0.4, -0.2) is 17.2 Å². The Morgan fingerprint density at radius 3 is 1.01 bits per heavy atom. The monoisotopic (exact) mass is 1060 g/mol. The number of fused-ring (bicyclic) bond motifs is 12. The Bertz CT molecular complexity index is 4680. The molecule has 14 rings (SSSR count). The molecule has 0 aliphatic rings. The summed E-state index contributed by atoms with van der Waals surface area (Å²) in [5.41, 5.74) is 15.9. The van der Waals surface area contributed by atoms with Gasteiger partial charge in [0.2, 0.25) is 0 Å². The van der Waals surface area contributed by atoms with Crippen LogP contribution in [0.4, 0.5) is 0 Å². The Hall–Kier alpha value is -8.38. The highest BCUT2D eigenvalue weighted by Gasteiger charge is 2.42. The molecule has 0 aliphatic heterocycles. The smallest absolute Gasteiger partial charge is 0.179 e. The van der Waals surface area contributed by atoms with Crippen molar-refractivity contribution in [1.82, 2.24) is 9.13 Å². The summed E-state index contributed by atoms with van der Waals surface area (Å²) in [7, 11) is -3.11. The van der Waals surface area contributed by atoms with Crippen LogP contribution in [-0.2, 0) is 16.2 Å². The second-order valence-corrected chi connectivity index (χ2v) is 29.8. The second kappa shape index (κ2) is 17.8. The predicted molar refractivity (Wildman–Crippen MR) is 343 cm³/mol. The van der Waals surface area contributed by atoms with Gasteiger partial charge in [0.05, 0.1) is 22.1 Å². The number of furan rings is 2. The van der Waals surface area contributed by atoms with E-state index in [0.717, 1.165) is 55.3 Å². The van der Waals surface area contributed by atoms with Crippen molar-refractivity contribution in [3.05, 3.63) is 229 Å². The normalized spacial score (nSPS) is 13.1. The summed E-state index contributed by atoms with van der Waals surface area (Å²) in [6.07, 6.45) is 0. The van der Waals surface area contributed by atoms with Crippen LogP contribution in [0.1, 0.15) is 104 Å². The summed E-state index contributed by atoms with van der Waals surface area (Å²) in [6, 6.07) is 78.3. The summed E-state index contributed by atoms with van der Waals surface area (Å²) in [5, 5.41) is 14.7. The van der Waals surface area contributed by atoms with E-state index < -0.39 is 8.07 Å². The fourth-order valence-electron chi connectivity index (χ4n) is 13.0. The lowest BCUT2D eigenvalue weighted by Gasteiger charge is -2.34. The average molecular weight is 1060 g/mol. The van der Waals surface area contributed by atoms with E-state index in [0.29, 0.717) is 5.92 Å². The lowest BCUT2D eigenvalue weighted by atomic mass is 9.85. The third kappa shape index (κ3) is 7.75. The summed E-state index contributed by atoms with van der Waals surface area (Å²) in [6.45, 7) is 25.3. The van der Waals surface area contributed by atoms with E-state index in [9.17, 15) is 0 Å². The molecular weight excluding hydrogens is 989 g/mol. The lowest BCUT2D eigenvalue weighted by Crippen LogP contribution is -2.74. The molecule has 0 unspecified atom stereocenters. The van der Waals surface area contributed by atoms with E-state index in [-0.39, 0.29) is 16.2 Å². The van der Waals surface area contributed by atoms with Crippen LogP contribution in [0.5, 0.6) is 0 Å². The zero-order valence-electron chi connectivity index (χ0n) is 47.9. The third-order valence-electron chi connectivity index (χ3n) is 17.5. The predicted octanol–water partition coefficient (Wildman–Crippen LogP) is 18.1. The van der Waals surface area contributed by atoms with E-state index in [1.165, 1.54) is 86.6 Å². The Labute approximate surface area is 469 Å². The molecule has 5 heteroatoms. The van der Waals surface area contributed by atoms with Crippen molar-refractivity contribution < 1.29 is 8.83 Å². The molecule has 0 radical (unpaired) electrons. The van der Waals surface area contributed by atoms with Crippen LogP contribution in [0.3, 0.4) is 0 Å². The average Bonchev–Trinajstić information content (AvgIpc) is 4.29. The van der Waals surface area contributed by atoms with Gasteiger partial charge in [-0.2, -0.15) is 0 Å². The quantitative estimate of drug-likeness (QED) is 0.118.